The number of benzene rings is 11. The van der Waals surface area contributed by atoms with Crippen molar-refractivity contribution in [3.05, 3.63) is 289 Å². The summed E-state index contributed by atoms with van der Waals surface area (Å²) >= 11 is 0. The summed E-state index contributed by atoms with van der Waals surface area (Å²) in [6, 6.07) is 98.3. The molecule has 2 nitrogen and oxygen atoms in total. The highest BCUT2D eigenvalue weighted by atomic mass is 15.1. The van der Waals surface area contributed by atoms with Crippen LogP contribution >= 0.6 is 0 Å². The molecule has 0 amide bonds. The van der Waals surface area contributed by atoms with E-state index < -0.39 is 5.41 Å². The SMILES string of the molecule is c1ccc(-c2ccc(C3(c4ccccc4)c4ccccc4-c4ccc(N(c5ccc6c7ccccc7n(-c7cccc(-c8ccccc8)c7)c6c5)c5cccc6ccccc56)cc43)cc2)cc1. The van der Waals surface area contributed by atoms with Gasteiger partial charge in [0.25, 0.3) is 0 Å². The smallest absolute Gasteiger partial charge is 0.0714 e. The van der Waals surface area contributed by atoms with E-state index in [-0.39, 0.29) is 0 Å². The fraction of sp³-hybridized carbons (Fsp3) is 0.0154. The van der Waals surface area contributed by atoms with Gasteiger partial charge >= 0.3 is 0 Å². The zero-order chi connectivity index (χ0) is 44.3. The van der Waals surface area contributed by atoms with Gasteiger partial charge < -0.3 is 9.47 Å². The lowest BCUT2D eigenvalue weighted by Crippen LogP contribution is -2.28. The first-order valence-electron chi connectivity index (χ1n) is 23.2. The fourth-order valence-electron chi connectivity index (χ4n) is 11.1. The van der Waals surface area contributed by atoms with Crippen molar-refractivity contribution in [1.29, 1.82) is 0 Å². The molecular weight excluding hydrogens is 809 g/mol. The Kier molecular flexibility index (Phi) is 9.11. The van der Waals surface area contributed by atoms with Gasteiger partial charge in [0.05, 0.1) is 22.1 Å². The summed E-state index contributed by atoms with van der Waals surface area (Å²) in [7, 11) is 0. The summed E-state index contributed by atoms with van der Waals surface area (Å²) in [5.41, 5.74) is 18.5. The van der Waals surface area contributed by atoms with E-state index in [2.05, 4.69) is 276 Å². The summed E-state index contributed by atoms with van der Waals surface area (Å²) in [6.07, 6.45) is 0. The first-order chi connectivity index (χ1) is 33.2. The number of hydrogen-bond donors (Lipinski definition) is 0. The van der Waals surface area contributed by atoms with Crippen molar-refractivity contribution in [3.63, 3.8) is 0 Å². The molecule has 1 unspecified atom stereocenters. The minimum Gasteiger partial charge on any atom is -0.310 e. The Labute approximate surface area is 390 Å². The van der Waals surface area contributed by atoms with E-state index in [9.17, 15) is 0 Å². The van der Waals surface area contributed by atoms with Crippen molar-refractivity contribution in [2.75, 3.05) is 4.90 Å². The third kappa shape index (κ3) is 6.18. The Morgan fingerprint density at radius 3 is 1.67 bits per heavy atom. The van der Waals surface area contributed by atoms with Crippen LogP contribution in [0, 0.1) is 0 Å². The molecule has 0 spiro atoms. The van der Waals surface area contributed by atoms with Gasteiger partial charge in [-0.2, -0.15) is 0 Å². The number of aromatic nitrogens is 1. The molecular formula is C65H44N2. The van der Waals surface area contributed by atoms with E-state index in [1.54, 1.807) is 0 Å². The van der Waals surface area contributed by atoms with Gasteiger partial charge in [-0.15, -0.1) is 0 Å². The molecule has 1 aliphatic rings. The number of rotatable bonds is 8. The molecule has 0 fully saturated rings. The van der Waals surface area contributed by atoms with Crippen molar-refractivity contribution in [1.82, 2.24) is 4.57 Å². The molecule has 0 saturated heterocycles. The Morgan fingerprint density at radius 1 is 0.313 bits per heavy atom. The van der Waals surface area contributed by atoms with Crippen LogP contribution in [0.25, 0.3) is 71.6 Å². The second-order valence-electron chi connectivity index (χ2n) is 17.6. The standard InChI is InChI=1S/C65H44N2/c1-4-18-45(19-5-1)47-34-36-51(37-35-47)65(50-25-8-3-9-26-50)60-31-14-12-29-56(60)57-40-38-53(43-61(57)65)66(62-33-17-23-48-22-10-11-28-55(48)62)54-39-41-59-58-30-13-15-32-63(58)67(64(59)44-54)52-27-16-24-49(42-52)46-20-6-2-7-21-46/h1-44H. The average molecular weight is 853 g/mol. The summed E-state index contributed by atoms with van der Waals surface area (Å²) in [6.45, 7) is 0. The molecule has 1 atom stereocenters. The van der Waals surface area contributed by atoms with Crippen molar-refractivity contribution >= 4 is 49.6 Å². The van der Waals surface area contributed by atoms with E-state index in [0.29, 0.717) is 0 Å². The molecule has 11 aromatic carbocycles. The molecule has 1 aliphatic carbocycles. The zero-order valence-corrected chi connectivity index (χ0v) is 36.8. The van der Waals surface area contributed by atoms with E-state index >= 15 is 0 Å². The molecule has 13 rings (SSSR count). The molecule has 0 aliphatic heterocycles. The molecule has 0 radical (unpaired) electrons. The number of para-hydroxylation sites is 1. The van der Waals surface area contributed by atoms with Crippen LogP contribution in [0.15, 0.2) is 267 Å². The van der Waals surface area contributed by atoms with Crippen LogP contribution in [-0.4, -0.2) is 4.57 Å². The quantitative estimate of drug-likeness (QED) is 0.148. The van der Waals surface area contributed by atoms with Crippen LogP contribution in [0.2, 0.25) is 0 Å². The van der Waals surface area contributed by atoms with Crippen LogP contribution < -0.4 is 4.90 Å². The van der Waals surface area contributed by atoms with E-state index in [0.717, 1.165) is 28.3 Å². The first-order valence-corrected chi connectivity index (χ1v) is 23.2. The molecule has 12 aromatic rings. The lowest BCUT2D eigenvalue weighted by Gasteiger charge is -2.35. The van der Waals surface area contributed by atoms with Gasteiger partial charge in [0.15, 0.2) is 0 Å². The third-order valence-electron chi connectivity index (χ3n) is 14.1. The molecule has 314 valence electrons. The second kappa shape index (κ2) is 15.8. The van der Waals surface area contributed by atoms with Crippen LogP contribution in [0.3, 0.4) is 0 Å². The van der Waals surface area contributed by atoms with Crippen LogP contribution in [0.4, 0.5) is 17.1 Å². The van der Waals surface area contributed by atoms with Gasteiger partial charge in [0.1, 0.15) is 0 Å². The summed E-state index contributed by atoms with van der Waals surface area (Å²) in [5.74, 6) is 0. The van der Waals surface area contributed by atoms with Crippen molar-refractivity contribution in [2.45, 2.75) is 5.41 Å². The average Bonchev–Trinajstić information content (AvgIpc) is 3.90. The summed E-state index contributed by atoms with van der Waals surface area (Å²) < 4.78 is 2.45. The van der Waals surface area contributed by atoms with E-state index in [1.807, 2.05) is 0 Å². The Balaban J connectivity index is 1.07. The van der Waals surface area contributed by atoms with Crippen LogP contribution in [0.1, 0.15) is 22.3 Å². The molecule has 1 aromatic heterocycles. The zero-order valence-electron chi connectivity index (χ0n) is 36.8. The molecule has 0 N–H and O–H groups in total. The Hall–Kier alpha value is -8.72. The first kappa shape index (κ1) is 38.7. The Bertz CT molecular complexity index is 3790. The monoisotopic (exact) mass is 852 g/mol. The van der Waals surface area contributed by atoms with Crippen molar-refractivity contribution in [3.8, 4) is 39.1 Å². The third-order valence-corrected chi connectivity index (χ3v) is 14.1. The topological polar surface area (TPSA) is 8.17 Å². The molecule has 1 heterocycles. The predicted molar refractivity (Wildman–Crippen MR) is 281 cm³/mol. The fourth-order valence-corrected chi connectivity index (χ4v) is 11.1. The van der Waals surface area contributed by atoms with Gasteiger partial charge in [0, 0.05) is 33.2 Å². The highest BCUT2D eigenvalue weighted by Gasteiger charge is 2.46. The van der Waals surface area contributed by atoms with Gasteiger partial charge in [-0.25, -0.2) is 0 Å². The number of hydrogen-bond acceptors (Lipinski definition) is 1. The number of nitrogens with zero attached hydrogens (tertiary/aromatic N) is 2. The minimum atomic E-state index is -0.580. The highest BCUT2D eigenvalue weighted by molar-refractivity contribution is 6.11. The predicted octanol–water partition coefficient (Wildman–Crippen LogP) is 17.1. The Morgan fingerprint density at radius 2 is 0.866 bits per heavy atom. The number of fused-ring (bicyclic) bond motifs is 7. The maximum atomic E-state index is 2.49. The maximum Gasteiger partial charge on any atom is 0.0714 e. The number of anilines is 3. The lowest BCUT2D eigenvalue weighted by molar-refractivity contribution is 0.768. The van der Waals surface area contributed by atoms with E-state index in [1.165, 1.54) is 82.7 Å². The minimum absolute atomic E-state index is 0.580. The van der Waals surface area contributed by atoms with Crippen molar-refractivity contribution < 1.29 is 0 Å². The summed E-state index contributed by atoms with van der Waals surface area (Å²) in [4.78, 5) is 2.49. The second-order valence-corrected chi connectivity index (χ2v) is 17.6. The van der Waals surface area contributed by atoms with Crippen LogP contribution in [0.5, 0.6) is 0 Å². The van der Waals surface area contributed by atoms with Gasteiger partial charge in [-0.05, 0) is 110 Å². The largest absolute Gasteiger partial charge is 0.310 e. The van der Waals surface area contributed by atoms with Crippen molar-refractivity contribution in [2.24, 2.45) is 0 Å². The lowest BCUT2D eigenvalue weighted by atomic mass is 9.67. The molecule has 0 bridgehead atoms. The molecule has 2 heteroatoms. The van der Waals surface area contributed by atoms with E-state index in [4.69, 9.17) is 0 Å². The summed E-state index contributed by atoms with van der Waals surface area (Å²) in [5, 5.41) is 4.83. The molecule has 67 heavy (non-hydrogen) atoms. The van der Waals surface area contributed by atoms with Gasteiger partial charge in [-0.3, -0.25) is 0 Å². The highest BCUT2D eigenvalue weighted by Crippen LogP contribution is 2.57. The maximum absolute atomic E-state index is 2.49. The molecule has 0 saturated carbocycles. The van der Waals surface area contributed by atoms with Crippen LogP contribution in [-0.2, 0) is 5.41 Å². The van der Waals surface area contributed by atoms with Gasteiger partial charge in [0.2, 0.25) is 0 Å². The van der Waals surface area contributed by atoms with Gasteiger partial charge in [-0.1, -0.05) is 218 Å². The normalized spacial score (nSPS) is 14.0.